The molecule has 7 heteroatoms. The third kappa shape index (κ3) is 3.17. The molecule has 0 aliphatic heterocycles. The lowest BCUT2D eigenvalue weighted by Gasteiger charge is -2.09. The normalized spacial score (nSPS) is 11.5. The number of benzene rings is 1. The summed E-state index contributed by atoms with van der Waals surface area (Å²) < 4.78 is 0. The molecule has 6 nitrogen and oxygen atoms in total. The summed E-state index contributed by atoms with van der Waals surface area (Å²) in [4.78, 5) is 36.5. The molecule has 0 N–H and O–H groups in total. The Labute approximate surface area is 136 Å². The molecule has 2 aromatic rings. The number of thiophene rings is 1. The molecule has 0 fully saturated rings. The number of hydrogen-bond donors (Lipinski definition) is 0. The molecule has 0 saturated heterocycles. The predicted molar refractivity (Wildman–Crippen MR) is 84.7 cm³/mol. The largest absolute Gasteiger partial charge is 0.292 e. The van der Waals surface area contributed by atoms with Crippen LogP contribution in [-0.2, 0) is 0 Å². The molecule has 0 aliphatic rings. The fourth-order valence-corrected chi connectivity index (χ4v) is 3.03. The summed E-state index contributed by atoms with van der Waals surface area (Å²) >= 11 is 1.20. The van der Waals surface area contributed by atoms with Gasteiger partial charge in [-0.1, -0.05) is 12.1 Å². The zero-order chi connectivity index (χ0) is 17.1. The molecule has 0 radical (unpaired) electrons. The number of nitrogens with zero attached hydrogens (tertiary/aromatic N) is 2. The standard InChI is InChI=1S/C16H12N2O4S/c1-9-6-7-14(23-9)16(20)12(8-17)15(19)11-4-3-5-13(10(11)2)18(21)22/h3-7,12H,1-2H3/t12-/m1/s1. The fraction of sp³-hybridized carbons (Fsp3) is 0.188. The molecule has 1 aromatic carbocycles. The van der Waals surface area contributed by atoms with Gasteiger partial charge in [-0.25, -0.2) is 0 Å². The van der Waals surface area contributed by atoms with Crippen molar-refractivity contribution in [2.45, 2.75) is 13.8 Å². The Bertz CT molecular complexity index is 848. The molecule has 0 bridgehead atoms. The van der Waals surface area contributed by atoms with E-state index in [0.29, 0.717) is 4.88 Å². The van der Waals surface area contributed by atoms with Gasteiger partial charge in [0, 0.05) is 22.1 Å². The van der Waals surface area contributed by atoms with Gasteiger partial charge in [0.25, 0.3) is 5.69 Å². The molecule has 0 aliphatic carbocycles. The molecular formula is C16H12N2O4S. The summed E-state index contributed by atoms with van der Waals surface area (Å²) in [5.74, 6) is -2.81. The fourth-order valence-electron chi connectivity index (χ4n) is 2.19. The van der Waals surface area contributed by atoms with Crippen LogP contribution in [0.25, 0.3) is 0 Å². The van der Waals surface area contributed by atoms with Crippen LogP contribution >= 0.6 is 11.3 Å². The average Bonchev–Trinajstić information content (AvgIpc) is 2.94. The second-order valence-electron chi connectivity index (χ2n) is 4.91. The van der Waals surface area contributed by atoms with Gasteiger partial charge >= 0.3 is 0 Å². The molecule has 0 spiro atoms. The highest BCUT2D eigenvalue weighted by molar-refractivity contribution is 7.14. The third-order valence-electron chi connectivity index (χ3n) is 3.40. The van der Waals surface area contributed by atoms with Gasteiger partial charge in [0.1, 0.15) is 0 Å². The minimum absolute atomic E-state index is 0.0207. The SMILES string of the molecule is Cc1ccc(C(=O)[C@H](C#N)C(=O)c2cccc([N+](=O)[O-])c2C)s1. The van der Waals surface area contributed by atoms with E-state index in [0.717, 1.165) is 4.88 Å². The Balaban J connectivity index is 2.42. The van der Waals surface area contributed by atoms with Crippen LogP contribution in [0.15, 0.2) is 30.3 Å². The number of Topliss-reactive ketones (excluding diaryl/α,β-unsaturated/α-hetero) is 2. The Hall–Kier alpha value is -2.85. The number of rotatable bonds is 5. The highest BCUT2D eigenvalue weighted by Gasteiger charge is 2.31. The molecule has 0 amide bonds. The second-order valence-corrected chi connectivity index (χ2v) is 6.20. The molecule has 116 valence electrons. The highest BCUT2D eigenvalue weighted by Crippen LogP contribution is 2.26. The Morgan fingerprint density at radius 2 is 1.91 bits per heavy atom. The van der Waals surface area contributed by atoms with Crippen LogP contribution in [0.1, 0.15) is 30.5 Å². The number of carbonyl (C=O) groups excluding carboxylic acids is 2. The second kappa shape index (κ2) is 6.50. The van der Waals surface area contributed by atoms with Gasteiger partial charge in [-0.3, -0.25) is 19.7 Å². The summed E-state index contributed by atoms with van der Waals surface area (Å²) in [5.41, 5.74) is -0.0442. The minimum Gasteiger partial charge on any atom is -0.292 e. The summed E-state index contributed by atoms with van der Waals surface area (Å²) in [7, 11) is 0. The van der Waals surface area contributed by atoms with Crippen LogP contribution in [0.5, 0.6) is 0 Å². The van der Waals surface area contributed by atoms with Crippen molar-refractivity contribution in [3.63, 3.8) is 0 Å². The number of nitro benzene ring substituents is 1. The lowest BCUT2D eigenvalue weighted by molar-refractivity contribution is -0.385. The summed E-state index contributed by atoms with van der Waals surface area (Å²) in [5, 5.41) is 20.2. The first-order valence-corrected chi connectivity index (χ1v) is 7.47. The minimum atomic E-state index is -1.51. The average molecular weight is 328 g/mol. The van der Waals surface area contributed by atoms with E-state index in [9.17, 15) is 25.0 Å². The molecule has 0 unspecified atom stereocenters. The molecule has 1 aromatic heterocycles. The third-order valence-corrected chi connectivity index (χ3v) is 4.42. The maximum atomic E-state index is 12.5. The first kappa shape index (κ1) is 16.5. The monoisotopic (exact) mass is 328 g/mol. The van der Waals surface area contributed by atoms with Crippen LogP contribution in [0.3, 0.4) is 0 Å². The van der Waals surface area contributed by atoms with Crippen LogP contribution in [0.4, 0.5) is 5.69 Å². The van der Waals surface area contributed by atoms with E-state index in [-0.39, 0.29) is 16.8 Å². The first-order chi connectivity index (χ1) is 10.9. The van der Waals surface area contributed by atoms with Crippen LogP contribution in [0.2, 0.25) is 0 Å². The number of hydrogen-bond acceptors (Lipinski definition) is 6. The van der Waals surface area contributed by atoms with Gasteiger partial charge in [0.15, 0.2) is 17.5 Å². The summed E-state index contributed by atoms with van der Waals surface area (Å²) in [6.07, 6.45) is 0. The number of ketones is 2. The van der Waals surface area contributed by atoms with Crippen molar-refractivity contribution in [1.82, 2.24) is 0 Å². The number of carbonyl (C=O) groups is 2. The van der Waals surface area contributed by atoms with Gasteiger partial charge in [-0.05, 0) is 26.0 Å². The van der Waals surface area contributed by atoms with Gasteiger partial charge in [0.05, 0.1) is 15.9 Å². The van der Waals surface area contributed by atoms with Crippen LogP contribution < -0.4 is 0 Å². The highest BCUT2D eigenvalue weighted by atomic mass is 32.1. The zero-order valence-electron chi connectivity index (χ0n) is 12.4. The van der Waals surface area contributed by atoms with Gasteiger partial charge in [-0.15, -0.1) is 11.3 Å². The van der Waals surface area contributed by atoms with E-state index in [4.69, 9.17) is 0 Å². The van der Waals surface area contributed by atoms with Crippen molar-refractivity contribution in [2.24, 2.45) is 5.92 Å². The van der Waals surface area contributed by atoms with E-state index in [2.05, 4.69) is 0 Å². The summed E-state index contributed by atoms with van der Waals surface area (Å²) in [6, 6.07) is 9.06. The smallest absolute Gasteiger partial charge is 0.273 e. The quantitative estimate of drug-likeness (QED) is 0.362. The molecule has 2 rings (SSSR count). The van der Waals surface area contributed by atoms with Crippen molar-refractivity contribution in [2.75, 3.05) is 0 Å². The molecule has 0 saturated carbocycles. The number of nitro groups is 1. The van der Waals surface area contributed by atoms with Gasteiger partial charge in [-0.2, -0.15) is 5.26 Å². The lowest BCUT2D eigenvalue weighted by Crippen LogP contribution is -2.23. The van der Waals surface area contributed by atoms with Gasteiger partial charge < -0.3 is 0 Å². The Kier molecular flexibility index (Phi) is 4.67. The number of nitriles is 1. The zero-order valence-corrected chi connectivity index (χ0v) is 13.2. The molecular weight excluding hydrogens is 316 g/mol. The molecule has 1 atom stereocenters. The van der Waals surface area contributed by atoms with E-state index in [1.165, 1.54) is 36.5 Å². The first-order valence-electron chi connectivity index (χ1n) is 6.65. The van der Waals surface area contributed by atoms with Crippen molar-refractivity contribution >= 4 is 28.6 Å². The van der Waals surface area contributed by atoms with E-state index >= 15 is 0 Å². The number of aryl methyl sites for hydroxylation is 1. The topological polar surface area (TPSA) is 101 Å². The van der Waals surface area contributed by atoms with Gasteiger partial charge in [0.2, 0.25) is 0 Å². The summed E-state index contributed by atoms with van der Waals surface area (Å²) in [6.45, 7) is 3.24. The predicted octanol–water partition coefficient (Wildman–Crippen LogP) is 3.48. The van der Waals surface area contributed by atoms with Crippen LogP contribution in [-0.4, -0.2) is 16.5 Å². The maximum Gasteiger partial charge on any atom is 0.273 e. The molecule has 23 heavy (non-hydrogen) atoms. The van der Waals surface area contributed by atoms with Crippen molar-refractivity contribution < 1.29 is 14.5 Å². The van der Waals surface area contributed by atoms with Crippen LogP contribution in [0, 0.1) is 41.2 Å². The Morgan fingerprint density at radius 3 is 2.43 bits per heavy atom. The van der Waals surface area contributed by atoms with E-state index in [1.807, 2.05) is 6.92 Å². The van der Waals surface area contributed by atoms with E-state index < -0.39 is 22.4 Å². The lowest BCUT2D eigenvalue weighted by atomic mass is 9.91. The van der Waals surface area contributed by atoms with Crippen molar-refractivity contribution in [3.8, 4) is 6.07 Å². The maximum absolute atomic E-state index is 12.5. The van der Waals surface area contributed by atoms with Crippen molar-refractivity contribution in [3.05, 3.63) is 61.3 Å². The van der Waals surface area contributed by atoms with E-state index in [1.54, 1.807) is 18.2 Å². The molecule has 1 heterocycles. The Morgan fingerprint density at radius 1 is 1.22 bits per heavy atom. The van der Waals surface area contributed by atoms with Crippen molar-refractivity contribution in [1.29, 1.82) is 5.26 Å².